The lowest BCUT2D eigenvalue weighted by Gasteiger charge is -2.45. The molecule has 7 nitrogen and oxygen atoms in total. The third-order valence-electron chi connectivity index (χ3n) is 8.56. The second kappa shape index (κ2) is 13.1. The lowest BCUT2D eigenvalue weighted by molar-refractivity contribution is -0.127. The Kier molecular flexibility index (Phi) is 9.38. The minimum Gasteiger partial charge on any atom is -0.347 e. The van der Waals surface area contributed by atoms with E-state index >= 15 is 4.39 Å². The molecule has 0 unspecified atom stereocenters. The van der Waals surface area contributed by atoms with Gasteiger partial charge in [0.15, 0.2) is 0 Å². The van der Waals surface area contributed by atoms with E-state index in [1.54, 1.807) is 33.9 Å². The fourth-order valence-electron chi connectivity index (χ4n) is 6.56. The highest BCUT2D eigenvalue weighted by molar-refractivity contribution is 6.50. The molecule has 1 aliphatic rings. The van der Waals surface area contributed by atoms with Crippen molar-refractivity contribution < 1.29 is 9.18 Å². The van der Waals surface area contributed by atoms with Crippen LogP contribution in [-0.2, 0) is 4.79 Å². The number of halogens is 1. The van der Waals surface area contributed by atoms with Crippen molar-refractivity contribution in [2.45, 2.75) is 65.5 Å². The topological polar surface area (TPSA) is 71.3 Å². The van der Waals surface area contributed by atoms with Crippen molar-refractivity contribution in [1.29, 1.82) is 0 Å². The number of benzene rings is 2. The first-order valence-corrected chi connectivity index (χ1v) is 15.6. The molecule has 2 atom stereocenters. The largest absolute Gasteiger partial charge is 0.354 e. The van der Waals surface area contributed by atoms with E-state index in [4.69, 9.17) is 20.7 Å². The van der Waals surface area contributed by atoms with Crippen molar-refractivity contribution in [1.82, 2.24) is 19.4 Å². The number of fused-ring (bicyclic) bond motifs is 1. The van der Waals surface area contributed by atoms with E-state index in [1.165, 1.54) is 12.1 Å². The third kappa shape index (κ3) is 6.05. The maximum Gasteiger partial charge on any atom is 0.354 e. The molecule has 3 heterocycles. The Bertz CT molecular complexity index is 1880. The van der Waals surface area contributed by atoms with Crippen molar-refractivity contribution in [2.24, 2.45) is 0 Å². The normalized spacial score (nSPS) is 16.7. The van der Waals surface area contributed by atoms with Gasteiger partial charge in [-0.25, -0.2) is 9.18 Å². The number of amides is 1. The molecule has 1 saturated heterocycles. The fraction of sp³-hybridized carbons (Fsp3) is 0.333. The van der Waals surface area contributed by atoms with Crippen LogP contribution < -0.4 is 10.6 Å². The molecule has 2 aromatic carbocycles. The first-order valence-electron chi connectivity index (χ1n) is 15.6. The van der Waals surface area contributed by atoms with Crippen LogP contribution in [0.25, 0.3) is 33.8 Å². The molecular formula is C36H38B2FN5O2. The number of hydrogen-bond acceptors (Lipinski definition) is 5. The fourth-order valence-corrected chi connectivity index (χ4v) is 6.56. The van der Waals surface area contributed by atoms with Gasteiger partial charge in [0.1, 0.15) is 11.6 Å². The van der Waals surface area contributed by atoms with Gasteiger partial charge in [-0.1, -0.05) is 64.6 Å². The zero-order valence-electron chi connectivity index (χ0n) is 27.3. The smallest absolute Gasteiger partial charge is 0.347 e. The predicted molar refractivity (Wildman–Crippen MR) is 186 cm³/mol. The lowest BCUT2D eigenvalue weighted by Crippen LogP contribution is -2.58. The lowest BCUT2D eigenvalue weighted by atomic mass is 9.77. The number of aromatic nitrogens is 3. The number of pyridine rings is 1. The molecule has 46 heavy (non-hydrogen) atoms. The maximum absolute atomic E-state index is 16.4. The Labute approximate surface area is 272 Å². The first kappa shape index (κ1) is 32.9. The number of rotatable bonds is 7. The number of carbonyl (C=O) groups is 1. The summed E-state index contributed by atoms with van der Waals surface area (Å²) in [7, 11) is 11.6. The standard InChI is InChI=1S/C36H38B2FN5O2/c1-8-32(45)42-18-22(6)43(23(7)19-42)35-28-16-29(39)27(26-12-10-9-11-24(26)15-31(37)38)17-30(28)44(36(46)41-35)34-25(20(2)3)13-14-40-33(34)21(4)5/h8-17,20-23H,1,18-19H2,2-7H3/t22-,23-/m0/s1. The van der Waals surface area contributed by atoms with Crippen LogP contribution in [0.5, 0.6) is 0 Å². The predicted octanol–water partition coefficient (Wildman–Crippen LogP) is 6.08. The van der Waals surface area contributed by atoms with Gasteiger partial charge in [0.05, 0.1) is 32.6 Å². The van der Waals surface area contributed by atoms with Crippen LogP contribution in [0.15, 0.2) is 71.5 Å². The van der Waals surface area contributed by atoms with E-state index in [-0.39, 0.29) is 40.8 Å². The van der Waals surface area contributed by atoms with Crippen molar-refractivity contribution >= 4 is 44.4 Å². The Balaban J connectivity index is 1.89. The number of nitrogens with zero attached hydrogens (tertiary/aromatic N) is 5. The van der Waals surface area contributed by atoms with Crippen LogP contribution in [0, 0.1) is 5.82 Å². The molecule has 232 valence electrons. The molecule has 4 radical (unpaired) electrons. The summed E-state index contributed by atoms with van der Waals surface area (Å²) in [6.07, 6.45) is 4.66. The molecule has 5 rings (SSSR count). The molecule has 4 aromatic rings. The van der Waals surface area contributed by atoms with E-state index in [0.717, 1.165) is 11.3 Å². The van der Waals surface area contributed by atoms with E-state index < -0.39 is 11.5 Å². The van der Waals surface area contributed by atoms with Crippen molar-refractivity contribution in [3.8, 4) is 16.8 Å². The number of anilines is 1. The average Bonchev–Trinajstić information content (AvgIpc) is 3.00. The Morgan fingerprint density at radius 2 is 1.70 bits per heavy atom. The van der Waals surface area contributed by atoms with E-state index in [9.17, 15) is 9.59 Å². The molecule has 1 amide bonds. The summed E-state index contributed by atoms with van der Waals surface area (Å²) >= 11 is 0. The van der Waals surface area contributed by atoms with Crippen LogP contribution in [0.2, 0.25) is 0 Å². The van der Waals surface area contributed by atoms with Gasteiger partial charge in [0.25, 0.3) is 0 Å². The molecule has 1 fully saturated rings. The molecule has 0 bridgehead atoms. The third-order valence-corrected chi connectivity index (χ3v) is 8.56. The van der Waals surface area contributed by atoms with Gasteiger partial charge in [-0.05, 0) is 66.6 Å². The quantitative estimate of drug-likeness (QED) is 0.187. The molecule has 1 aliphatic heterocycles. The molecule has 0 saturated carbocycles. The minimum absolute atomic E-state index is 0.0100. The van der Waals surface area contributed by atoms with Crippen LogP contribution in [-0.4, -0.2) is 66.2 Å². The number of carbonyl (C=O) groups excluding carboxylic acids is 1. The Hall–Kier alpha value is -4.46. The van der Waals surface area contributed by atoms with Gasteiger partial charge in [0.2, 0.25) is 5.91 Å². The molecule has 0 N–H and O–H groups in total. The van der Waals surface area contributed by atoms with Crippen molar-refractivity contribution in [3.63, 3.8) is 0 Å². The van der Waals surface area contributed by atoms with E-state index in [2.05, 4.69) is 25.4 Å². The molecular weight excluding hydrogens is 575 g/mol. The van der Waals surface area contributed by atoms with Gasteiger partial charge >= 0.3 is 5.69 Å². The molecule has 0 spiro atoms. The zero-order chi connectivity index (χ0) is 33.4. The summed E-state index contributed by atoms with van der Waals surface area (Å²) in [6.45, 7) is 16.6. The van der Waals surface area contributed by atoms with E-state index in [1.807, 2.05) is 56.9 Å². The second-order valence-corrected chi connectivity index (χ2v) is 12.6. The summed E-state index contributed by atoms with van der Waals surface area (Å²) in [5, 5.41) is 0.565. The Morgan fingerprint density at radius 1 is 1.02 bits per heavy atom. The first-order chi connectivity index (χ1) is 21.8. The second-order valence-electron chi connectivity index (χ2n) is 12.6. The highest BCUT2D eigenvalue weighted by atomic mass is 19.1. The average molecular weight is 613 g/mol. The summed E-state index contributed by atoms with van der Waals surface area (Å²) in [5.74, 6) is -0.229. The molecule has 0 aliphatic carbocycles. The van der Waals surface area contributed by atoms with Gasteiger partial charge in [-0.15, -0.1) is 0 Å². The van der Waals surface area contributed by atoms with Crippen molar-refractivity contribution in [3.05, 3.63) is 99.8 Å². The molecule has 10 heteroatoms. The highest BCUT2D eigenvalue weighted by Gasteiger charge is 2.34. The van der Waals surface area contributed by atoms with Gasteiger partial charge in [-0.2, -0.15) is 10.4 Å². The van der Waals surface area contributed by atoms with Gasteiger partial charge in [0, 0.05) is 42.3 Å². The number of hydrogen-bond donors (Lipinski definition) is 0. The van der Waals surface area contributed by atoms with Gasteiger partial charge < -0.3 is 9.80 Å². The molecule has 2 aromatic heterocycles. The minimum atomic E-state index is -0.500. The Morgan fingerprint density at radius 3 is 2.30 bits per heavy atom. The maximum atomic E-state index is 16.4. The monoisotopic (exact) mass is 613 g/mol. The summed E-state index contributed by atoms with van der Waals surface area (Å²) in [5.41, 5.74) is 3.82. The SMILES string of the molecule is [B]C([B])=Cc1ccccc1-c1cc2c(cc1F)c(N1[C@@H](C)CN(C(=O)C=C)C[C@@H]1C)nc(=O)n2-c1c(C(C)C)ccnc1C(C)C. The van der Waals surface area contributed by atoms with Gasteiger partial charge in [-0.3, -0.25) is 14.3 Å². The van der Waals surface area contributed by atoms with Crippen LogP contribution in [0.3, 0.4) is 0 Å². The zero-order valence-corrected chi connectivity index (χ0v) is 27.3. The van der Waals surface area contributed by atoms with Crippen LogP contribution in [0.4, 0.5) is 10.2 Å². The summed E-state index contributed by atoms with van der Waals surface area (Å²) in [6, 6.07) is 11.9. The van der Waals surface area contributed by atoms with Crippen molar-refractivity contribution in [2.75, 3.05) is 18.0 Å². The summed E-state index contributed by atoms with van der Waals surface area (Å²) < 4.78 is 18.0. The number of piperazine rings is 1. The summed E-state index contributed by atoms with van der Waals surface area (Å²) in [4.78, 5) is 40.0. The van der Waals surface area contributed by atoms with E-state index in [0.29, 0.717) is 46.6 Å². The van der Waals surface area contributed by atoms with Crippen LogP contribution >= 0.6 is 0 Å². The highest BCUT2D eigenvalue weighted by Crippen LogP contribution is 2.38. The van der Waals surface area contributed by atoms with Crippen LogP contribution in [0.1, 0.15) is 70.2 Å².